The smallest absolute Gasteiger partial charge is 0.262 e. The Labute approximate surface area is 403 Å². The quantitative estimate of drug-likeness (QED) is 0.0300. The Balaban J connectivity index is 1.28. The minimum absolute atomic E-state index is 0.0108. The lowest BCUT2D eigenvalue weighted by Crippen LogP contribution is -2.41. The second kappa shape index (κ2) is 20.7. The molecule has 0 aliphatic carbocycles. The summed E-state index contributed by atoms with van der Waals surface area (Å²) in [5, 5.41) is 0.844. The molecule has 0 saturated carbocycles. The van der Waals surface area contributed by atoms with Crippen LogP contribution < -0.4 is 0 Å². The molecule has 5 aromatic rings. The molecule has 0 radical (unpaired) electrons. The molecule has 0 fully saturated rings. The molecule has 5 aromatic carbocycles. The number of hydrogen-bond donors (Lipinski definition) is 0. The number of nitrogens with zero attached hydrogens (tertiary/aromatic N) is 2. The number of hydrogen-bond acceptors (Lipinski definition) is 4. The van der Waals surface area contributed by atoms with Crippen LogP contribution in [-0.4, -0.2) is 46.5 Å². The molecule has 0 unspecified atom stereocenters. The number of rotatable bonds is 22. The number of imide groups is 2. The summed E-state index contributed by atoms with van der Waals surface area (Å²) >= 11 is 57.2. The minimum atomic E-state index is -0.621. The molecule has 0 N–H and O–H groups in total. The van der Waals surface area contributed by atoms with Crippen LogP contribution in [0.3, 0.4) is 0 Å². The van der Waals surface area contributed by atoms with Crippen molar-refractivity contribution < 1.29 is 19.2 Å². The molecule has 62 heavy (non-hydrogen) atoms. The van der Waals surface area contributed by atoms with Gasteiger partial charge in [0.1, 0.15) is 0 Å². The monoisotopic (exact) mass is 998 g/mol. The second-order valence-corrected chi connectivity index (χ2v) is 19.9. The standard InChI is InChI=1S/C48H50Cl8N2O4/c1-3-5-7-9-11-13-15-17-19-21-23-57-45(59)33-27-25-29(37(49)41(33)53)31-26-28-35(43(55)39(31)51)47(61)58(24-22-20-18-16-14-12-10-8-6-4-2)48(62)36(28)44(56)40(52)32(26)30(25)38(50)42(54)34(27)46(57)60/h3-24H2,1-2H3. The van der Waals surface area contributed by atoms with Crippen molar-refractivity contribution in [2.45, 2.75) is 142 Å². The van der Waals surface area contributed by atoms with Gasteiger partial charge in [-0.2, -0.15) is 0 Å². The van der Waals surface area contributed by atoms with Crippen LogP contribution in [0, 0.1) is 0 Å². The van der Waals surface area contributed by atoms with Gasteiger partial charge in [-0.3, -0.25) is 29.0 Å². The maximum atomic E-state index is 14.4. The first-order valence-corrected chi connectivity index (χ1v) is 25.3. The first-order chi connectivity index (χ1) is 29.8. The maximum Gasteiger partial charge on any atom is 0.262 e. The van der Waals surface area contributed by atoms with Crippen molar-refractivity contribution in [2.24, 2.45) is 0 Å². The summed E-state index contributed by atoms with van der Waals surface area (Å²) in [5.41, 5.74) is -0.0431. The second-order valence-electron chi connectivity index (χ2n) is 16.9. The van der Waals surface area contributed by atoms with Gasteiger partial charge in [-0.25, -0.2) is 0 Å². The average molecular weight is 1000 g/mol. The largest absolute Gasteiger partial charge is 0.274 e. The van der Waals surface area contributed by atoms with E-state index in [1.54, 1.807) is 0 Å². The molecule has 6 nitrogen and oxygen atoms in total. The van der Waals surface area contributed by atoms with Gasteiger partial charge in [-0.05, 0) is 12.8 Å². The van der Waals surface area contributed by atoms with Gasteiger partial charge in [0.05, 0.1) is 62.4 Å². The normalized spacial score (nSPS) is 14.2. The van der Waals surface area contributed by atoms with Gasteiger partial charge in [-0.15, -0.1) is 0 Å². The summed E-state index contributed by atoms with van der Waals surface area (Å²) in [4.78, 5) is 60.0. The highest BCUT2D eigenvalue weighted by Gasteiger charge is 2.44. The molecule has 0 aromatic heterocycles. The molecule has 2 aliphatic rings. The van der Waals surface area contributed by atoms with Crippen molar-refractivity contribution in [3.05, 3.63) is 62.4 Å². The third kappa shape index (κ3) is 8.38. The van der Waals surface area contributed by atoms with Gasteiger partial charge in [0.2, 0.25) is 0 Å². The van der Waals surface area contributed by atoms with E-state index >= 15 is 0 Å². The van der Waals surface area contributed by atoms with E-state index < -0.39 is 23.6 Å². The van der Waals surface area contributed by atoms with E-state index in [2.05, 4.69) is 13.8 Å². The number of amides is 4. The summed E-state index contributed by atoms with van der Waals surface area (Å²) in [6.45, 7) is 4.71. The van der Waals surface area contributed by atoms with Crippen LogP contribution in [-0.2, 0) is 0 Å². The Kier molecular flexibility index (Phi) is 16.0. The maximum absolute atomic E-state index is 14.4. The summed E-state index contributed by atoms with van der Waals surface area (Å²) in [7, 11) is 0. The third-order valence-corrected chi connectivity index (χ3v) is 16.2. The molecule has 332 valence electrons. The summed E-state index contributed by atoms with van der Waals surface area (Å²) < 4.78 is 0. The van der Waals surface area contributed by atoms with Crippen molar-refractivity contribution in [3.63, 3.8) is 0 Å². The fourth-order valence-corrected chi connectivity index (χ4v) is 11.9. The van der Waals surface area contributed by atoms with Crippen LogP contribution >= 0.6 is 92.8 Å². The fourth-order valence-electron chi connectivity index (χ4n) is 9.64. The molecular formula is C48H50Cl8N2O4. The number of fused-ring (bicyclic) bond motifs is 2. The van der Waals surface area contributed by atoms with Crippen LogP contribution in [0.5, 0.6) is 0 Å². The van der Waals surface area contributed by atoms with E-state index in [1.165, 1.54) is 64.2 Å². The Morgan fingerprint density at radius 2 is 0.484 bits per heavy atom. The van der Waals surface area contributed by atoms with Crippen LogP contribution in [0.25, 0.3) is 43.1 Å². The zero-order chi connectivity index (χ0) is 44.6. The SMILES string of the molecule is CCCCCCCCCCCCN1C(=O)c2c(Cl)c(Cl)c3c4c(Cl)c(Cl)c5c6c(c(Cl)c(Cl)c(c7c(Cl)c(Cl)c(c2c37)C1=O)c64)C(=O)N(CCCCCCCCCCCC)C5=O. The van der Waals surface area contributed by atoms with E-state index in [0.717, 1.165) is 61.2 Å². The topological polar surface area (TPSA) is 74.8 Å². The molecule has 14 heteroatoms. The average Bonchev–Trinajstić information content (AvgIpc) is 3.25. The van der Waals surface area contributed by atoms with Crippen molar-refractivity contribution >= 4 is 160 Å². The highest BCUT2D eigenvalue weighted by molar-refractivity contribution is 6.63. The Hall–Kier alpha value is -2.00. The van der Waals surface area contributed by atoms with Crippen molar-refractivity contribution in [2.75, 3.05) is 13.1 Å². The number of unbranched alkanes of at least 4 members (excludes halogenated alkanes) is 18. The van der Waals surface area contributed by atoms with Crippen molar-refractivity contribution in [1.29, 1.82) is 0 Å². The summed E-state index contributed by atoms with van der Waals surface area (Å²) in [6, 6.07) is 0. The fraction of sp³-hybridized carbons (Fsp3) is 0.500. The highest BCUT2D eigenvalue weighted by Crippen LogP contribution is 2.59. The van der Waals surface area contributed by atoms with E-state index in [1.807, 2.05) is 0 Å². The van der Waals surface area contributed by atoms with E-state index in [4.69, 9.17) is 92.8 Å². The first-order valence-electron chi connectivity index (χ1n) is 22.3. The predicted molar refractivity (Wildman–Crippen MR) is 262 cm³/mol. The van der Waals surface area contributed by atoms with Gasteiger partial charge in [0, 0.05) is 56.2 Å². The van der Waals surface area contributed by atoms with Gasteiger partial charge < -0.3 is 0 Å². The van der Waals surface area contributed by atoms with Crippen molar-refractivity contribution in [3.8, 4) is 0 Å². The van der Waals surface area contributed by atoms with Crippen LogP contribution in [0.15, 0.2) is 0 Å². The molecule has 0 spiro atoms. The molecule has 2 aliphatic heterocycles. The Morgan fingerprint density at radius 3 is 0.710 bits per heavy atom. The third-order valence-electron chi connectivity index (χ3n) is 12.8. The minimum Gasteiger partial charge on any atom is -0.274 e. The lowest BCUT2D eigenvalue weighted by atomic mass is 9.81. The molecular weight excluding hydrogens is 952 g/mol. The van der Waals surface area contributed by atoms with Gasteiger partial charge in [0.15, 0.2) is 0 Å². The summed E-state index contributed by atoms with van der Waals surface area (Å²) in [5.74, 6) is -2.48. The highest BCUT2D eigenvalue weighted by atomic mass is 35.5. The van der Waals surface area contributed by atoms with E-state index in [-0.39, 0.29) is 119 Å². The van der Waals surface area contributed by atoms with Crippen molar-refractivity contribution in [1.82, 2.24) is 9.80 Å². The number of carbonyl (C=O) groups excluding carboxylic acids is 4. The molecule has 2 heterocycles. The Bertz CT molecular complexity index is 2290. The zero-order valence-corrected chi connectivity index (χ0v) is 41.2. The summed E-state index contributed by atoms with van der Waals surface area (Å²) in [6.07, 6.45) is 21.7. The molecule has 7 rings (SSSR count). The van der Waals surface area contributed by atoms with Gasteiger partial charge in [0.25, 0.3) is 23.6 Å². The lowest BCUT2D eigenvalue weighted by molar-refractivity contribution is 0.0592. The van der Waals surface area contributed by atoms with Crippen LogP contribution in [0.2, 0.25) is 40.2 Å². The van der Waals surface area contributed by atoms with Gasteiger partial charge in [-0.1, -0.05) is 222 Å². The van der Waals surface area contributed by atoms with Crippen LogP contribution in [0.1, 0.15) is 184 Å². The zero-order valence-electron chi connectivity index (χ0n) is 35.1. The van der Waals surface area contributed by atoms with E-state index in [9.17, 15) is 19.2 Å². The molecule has 0 bridgehead atoms. The lowest BCUT2D eigenvalue weighted by Gasteiger charge is -2.33. The number of halogens is 8. The Morgan fingerprint density at radius 1 is 0.274 bits per heavy atom. The molecule has 0 saturated heterocycles. The molecule has 4 amide bonds. The van der Waals surface area contributed by atoms with E-state index in [0.29, 0.717) is 12.8 Å². The first kappa shape index (κ1) is 47.9. The predicted octanol–water partition coefficient (Wildman–Crippen LogP) is 18.0. The number of benzene rings is 5. The van der Waals surface area contributed by atoms with Gasteiger partial charge >= 0.3 is 0 Å². The number of carbonyl (C=O) groups is 4. The van der Waals surface area contributed by atoms with Crippen LogP contribution in [0.4, 0.5) is 0 Å². The molecule has 0 atom stereocenters.